The smallest absolute Gasteiger partial charge is 0.320 e. The first-order valence-electron chi connectivity index (χ1n) is 17.3. The van der Waals surface area contributed by atoms with Crippen molar-refractivity contribution in [1.29, 1.82) is 0 Å². The third-order valence-electron chi connectivity index (χ3n) is 7.06. The number of allylic oxidation sites excluding steroid dienone is 24. The zero-order valence-electron chi connectivity index (χ0n) is 31.8. The molecule has 0 heterocycles. The summed E-state index contributed by atoms with van der Waals surface area (Å²) in [6, 6.07) is 0. The maximum absolute atomic E-state index is 11.1. The lowest BCUT2D eigenvalue weighted by Gasteiger charge is -2.03. The Morgan fingerprint density at radius 3 is 1.06 bits per heavy atom. The second kappa shape index (κ2) is 29.4. The van der Waals surface area contributed by atoms with Gasteiger partial charge < -0.3 is 20.9 Å². The SMILES string of the molecule is CC(/C=C/C=C(C)/C=C/C=C(\C)CC/C=C(\C)COC(=O)CN)=C\C=C\C=C(C)\C=C\C=C(C)\C=C\C=C(/C)CC/C=C(\C)COC(=O)CN. The van der Waals surface area contributed by atoms with Crippen molar-refractivity contribution in [3.63, 3.8) is 0 Å². The molecule has 0 aliphatic carbocycles. The number of hydrogen-bond donors (Lipinski definition) is 2. The number of rotatable bonds is 22. The summed E-state index contributed by atoms with van der Waals surface area (Å²) in [5.41, 5.74) is 19.8. The lowest BCUT2D eigenvalue weighted by molar-refractivity contribution is -0.141. The molecule has 4 N–H and O–H groups in total. The van der Waals surface area contributed by atoms with Crippen molar-refractivity contribution in [2.45, 2.75) is 81.1 Å². The Kier molecular flexibility index (Phi) is 26.7. The Bertz CT molecular complexity index is 1350. The number of ether oxygens (including phenoxy) is 2. The molecule has 0 aromatic rings. The predicted molar refractivity (Wildman–Crippen MR) is 214 cm³/mol. The molecule has 0 aliphatic heterocycles. The van der Waals surface area contributed by atoms with E-state index < -0.39 is 0 Å². The summed E-state index contributed by atoms with van der Waals surface area (Å²) in [5, 5.41) is 0. The molecule has 6 nitrogen and oxygen atoms in total. The molecule has 0 rings (SSSR count). The zero-order chi connectivity index (χ0) is 37.6. The second-order valence-corrected chi connectivity index (χ2v) is 12.4. The maximum Gasteiger partial charge on any atom is 0.320 e. The number of hydrogen-bond acceptors (Lipinski definition) is 6. The minimum Gasteiger partial charge on any atom is -0.460 e. The highest BCUT2D eigenvalue weighted by Gasteiger charge is 1.99. The van der Waals surface area contributed by atoms with E-state index in [-0.39, 0.29) is 25.0 Å². The van der Waals surface area contributed by atoms with Crippen molar-refractivity contribution in [2.75, 3.05) is 26.3 Å². The maximum atomic E-state index is 11.1. The number of esters is 2. The Hall–Kier alpha value is -4.52. The van der Waals surface area contributed by atoms with Crippen molar-refractivity contribution in [1.82, 2.24) is 0 Å². The van der Waals surface area contributed by atoms with Gasteiger partial charge in [0, 0.05) is 0 Å². The van der Waals surface area contributed by atoms with Gasteiger partial charge in [0.05, 0.1) is 13.1 Å². The average molecular weight is 683 g/mol. The third kappa shape index (κ3) is 28.5. The molecule has 0 aromatic carbocycles. The summed E-state index contributed by atoms with van der Waals surface area (Å²) < 4.78 is 10.1. The zero-order valence-corrected chi connectivity index (χ0v) is 31.8. The van der Waals surface area contributed by atoms with Crippen LogP contribution in [0.25, 0.3) is 0 Å². The molecule has 50 heavy (non-hydrogen) atoms. The molecule has 0 amide bonds. The van der Waals surface area contributed by atoms with E-state index >= 15 is 0 Å². The fraction of sp³-hybridized carbons (Fsp3) is 0.364. The van der Waals surface area contributed by atoms with Crippen molar-refractivity contribution in [3.05, 3.63) is 154 Å². The van der Waals surface area contributed by atoms with Crippen LogP contribution >= 0.6 is 0 Å². The fourth-order valence-electron chi connectivity index (χ4n) is 3.95. The van der Waals surface area contributed by atoms with Gasteiger partial charge in [0.15, 0.2) is 0 Å². The van der Waals surface area contributed by atoms with Gasteiger partial charge in [-0.15, -0.1) is 0 Å². The van der Waals surface area contributed by atoms with E-state index in [9.17, 15) is 9.59 Å². The van der Waals surface area contributed by atoms with Crippen LogP contribution in [0.4, 0.5) is 0 Å². The second-order valence-electron chi connectivity index (χ2n) is 12.4. The van der Waals surface area contributed by atoms with Crippen LogP contribution in [0, 0.1) is 0 Å². The van der Waals surface area contributed by atoms with Crippen LogP contribution < -0.4 is 11.5 Å². The summed E-state index contributed by atoms with van der Waals surface area (Å²) >= 11 is 0. The summed E-state index contributed by atoms with van der Waals surface area (Å²) in [6.07, 6.45) is 41.3. The van der Waals surface area contributed by atoms with Crippen LogP contribution in [-0.4, -0.2) is 38.2 Å². The quantitative estimate of drug-likeness (QED) is 0.0669. The van der Waals surface area contributed by atoms with E-state index in [1.165, 1.54) is 33.4 Å². The van der Waals surface area contributed by atoms with Gasteiger partial charge in [-0.2, -0.15) is 0 Å². The van der Waals surface area contributed by atoms with Gasteiger partial charge in [-0.05, 0) is 92.2 Å². The van der Waals surface area contributed by atoms with E-state index in [1.807, 2.05) is 13.8 Å². The van der Waals surface area contributed by atoms with Gasteiger partial charge in [0.2, 0.25) is 0 Å². The van der Waals surface area contributed by atoms with E-state index in [2.05, 4.69) is 151 Å². The largest absolute Gasteiger partial charge is 0.460 e. The first-order valence-corrected chi connectivity index (χ1v) is 17.3. The molecule has 0 saturated carbocycles. The summed E-state index contributed by atoms with van der Waals surface area (Å²) in [5.74, 6) is -0.762. The Balaban J connectivity index is 4.69. The van der Waals surface area contributed by atoms with E-state index in [0.717, 1.165) is 36.8 Å². The molecule has 6 heteroatoms. The molecule has 0 aliphatic rings. The van der Waals surface area contributed by atoms with Crippen LogP contribution in [0.1, 0.15) is 81.1 Å². The highest BCUT2D eigenvalue weighted by atomic mass is 16.5. The first kappa shape index (κ1) is 45.5. The molecule has 0 aromatic heterocycles. The summed E-state index contributed by atoms with van der Waals surface area (Å²) in [7, 11) is 0. The molecular weight excluding hydrogens is 620 g/mol. The fourth-order valence-corrected chi connectivity index (χ4v) is 3.95. The van der Waals surface area contributed by atoms with Gasteiger partial charge in [-0.1, -0.05) is 143 Å². The lowest BCUT2D eigenvalue weighted by Crippen LogP contribution is -2.17. The molecule has 0 bridgehead atoms. The van der Waals surface area contributed by atoms with Gasteiger partial charge in [0.25, 0.3) is 0 Å². The van der Waals surface area contributed by atoms with Gasteiger partial charge in [0.1, 0.15) is 13.2 Å². The number of carbonyl (C=O) groups excluding carboxylic acids is 2. The van der Waals surface area contributed by atoms with Crippen molar-refractivity contribution in [2.24, 2.45) is 11.5 Å². The highest BCUT2D eigenvalue weighted by Crippen LogP contribution is 2.10. The molecule has 272 valence electrons. The molecule has 0 radical (unpaired) electrons. The summed E-state index contributed by atoms with van der Waals surface area (Å²) in [6.45, 7) is 16.9. The summed E-state index contributed by atoms with van der Waals surface area (Å²) in [4.78, 5) is 22.3. The molecule has 0 fully saturated rings. The molecular formula is C44H62N2O4. The van der Waals surface area contributed by atoms with Gasteiger partial charge in [-0.3, -0.25) is 9.59 Å². The topological polar surface area (TPSA) is 105 Å². The Labute approximate surface area is 303 Å². The standard InChI is InChI=1S/C44H62N2O4/c1-35(19-11-21-37(3)23-13-25-39(5)27-15-29-41(7)33-49-43(47)31-45)17-9-10-18-36(2)20-12-22-38(4)24-14-26-40(6)28-16-30-42(8)34-50-44(48)32-46/h9-14,17-26,29-30H,15-16,27-28,31-34,45-46H2,1-8H3/b10-9+,19-11+,20-12+,23-13+,24-14+,35-17+,36-18+,37-21+,38-22+,39-25+,40-26+,41-29+,42-30+. The van der Waals surface area contributed by atoms with E-state index in [4.69, 9.17) is 20.9 Å². The van der Waals surface area contributed by atoms with Crippen LogP contribution in [-0.2, 0) is 19.1 Å². The number of carbonyl (C=O) groups is 2. The number of nitrogens with two attached hydrogens (primary N) is 2. The minimum atomic E-state index is -0.381. The third-order valence-corrected chi connectivity index (χ3v) is 7.06. The van der Waals surface area contributed by atoms with Crippen LogP contribution in [0.5, 0.6) is 0 Å². The Morgan fingerprint density at radius 2 is 0.740 bits per heavy atom. The van der Waals surface area contributed by atoms with Gasteiger partial charge in [-0.25, -0.2) is 0 Å². The molecule has 0 saturated heterocycles. The van der Waals surface area contributed by atoms with Gasteiger partial charge >= 0.3 is 11.9 Å². The Morgan fingerprint density at radius 1 is 0.440 bits per heavy atom. The predicted octanol–water partition coefficient (Wildman–Crippen LogP) is 9.90. The van der Waals surface area contributed by atoms with Crippen molar-refractivity contribution < 1.29 is 19.1 Å². The van der Waals surface area contributed by atoms with Crippen LogP contribution in [0.15, 0.2) is 154 Å². The van der Waals surface area contributed by atoms with Crippen molar-refractivity contribution >= 4 is 11.9 Å². The monoisotopic (exact) mass is 682 g/mol. The van der Waals surface area contributed by atoms with Crippen molar-refractivity contribution in [3.8, 4) is 0 Å². The lowest BCUT2D eigenvalue weighted by atomic mass is 10.1. The molecule has 0 atom stereocenters. The molecule has 0 spiro atoms. The van der Waals surface area contributed by atoms with E-state index in [0.29, 0.717) is 13.2 Å². The van der Waals surface area contributed by atoms with Crippen LogP contribution in [0.2, 0.25) is 0 Å². The normalized spacial score (nSPS) is 15.2. The van der Waals surface area contributed by atoms with E-state index in [1.54, 1.807) is 0 Å². The van der Waals surface area contributed by atoms with Crippen LogP contribution in [0.3, 0.4) is 0 Å². The molecule has 0 unspecified atom stereocenters. The average Bonchev–Trinajstić information content (AvgIpc) is 3.07. The highest BCUT2D eigenvalue weighted by molar-refractivity contribution is 5.71. The first-order chi connectivity index (χ1) is 23.9. The minimum absolute atomic E-state index is 0.0874.